The Morgan fingerprint density at radius 1 is 1.21 bits per heavy atom. The Hall–Kier alpha value is -1.68. The minimum atomic E-state index is 0.201. The Labute approximate surface area is 114 Å². The van der Waals surface area contributed by atoms with Crippen LogP contribution < -0.4 is 5.32 Å². The van der Waals surface area contributed by atoms with Gasteiger partial charge in [-0.05, 0) is 20.4 Å². The van der Waals surface area contributed by atoms with E-state index in [4.69, 9.17) is 4.52 Å². The molecule has 0 aliphatic rings. The fraction of sp³-hybridized carbons (Fsp3) is 0.467. The SMILES string of the molecule is CCNC(C)C(C)c1nc(-c2ccc(C)cc2)no1. The van der Waals surface area contributed by atoms with Crippen LogP contribution in [0.5, 0.6) is 0 Å². The number of nitrogens with zero attached hydrogens (tertiary/aromatic N) is 2. The second-order valence-electron chi connectivity index (χ2n) is 4.96. The molecule has 1 N–H and O–H groups in total. The van der Waals surface area contributed by atoms with Gasteiger partial charge in [0.2, 0.25) is 11.7 Å². The number of rotatable bonds is 5. The highest BCUT2D eigenvalue weighted by atomic mass is 16.5. The van der Waals surface area contributed by atoms with Gasteiger partial charge < -0.3 is 9.84 Å². The quantitative estimate of drug-likeness (QED) is 0.896. The normalized spacial score (nSPS) is 14.3. The van der Waals surface area contributed by atoms with E-state index in [2.05, 4.69) is 55.3 Å². The molecule has 4 heteroatoms. The lowest BCUT2D eigenvalue weighted by atomic mass is 10.0. The molecule has 2 rings (SSSR count). The lowest BCUT2D eigenvalue weighted by molar-refractivity contribution is 0.332. The van der Waals surface area contributed by atoms with Gasteiger partial charge in [-0.3, -0.25) is 0 Å². The van der Waals surface area contributed by atoms with E-state index in [0.717, 1.165) is 12.1 Å². The highest BCUT2D eigenvalue weighted by molar-refractivity contribution is 5.54. The largest absolute Gasteiger partial charge is 0.339 e. The molecule has 0 radical (unpaired) electrons. The van der Waals surface area contributed by atoms with Crippen molar-refractivity contribution < 1.29 is 4.52 Å². The van der Waals surface area contributed by atoms with Gasteiger partial charge in [0.15, 0.2) is 0 Å². The van der Waals surface area contributed by atoms with Gasteiger partial charge in [-0.1, -0.05) is 48.8 Å². The minimum Gasteiger partial charge on any atom is -0.339 e. The molecule has 0 fully saturated rings. The summed E-state index contributed by atoms with van der Waals surface area (Å²) in [5, 5.41) is 7.44. The van der Waals surface area contributed by atoms with E-state index in [1.54, 1.807) is 0 Å². The van der Waals surface area contributed by atoms with Gasteiger partial charge in [-0.2, -0.15) is 4.98 Å². The van der Waals surface area contributed by atoms with Crippen LogP contribution in [0.25, 0.3) is 11.4 Å². The average molecular weight is 259 g/mol. The average Bonchev–Trinajstić information content (AvgIpc) is 2.88. The molecule has 0 saturated carbocycles. The summed E-state index contributed by atoms with van der Waals surface area (Å²) in [6.07, 6.45) is 0. The first-order valence-electron chi connectivity index (χ1n) is 6.75. The van der Waals surface area contributed by atoms with Crippen LogP contribution in [0, 0.1) is 6.92 Å². The Morgan fingerprint density at radius 3 is 2.53 bits per heavy atom. The number of hydrogen-bond acceptors (Lipinski definition) is 4. The number of aromatic nitrogens is 2. The molecule has 2 aromatic rings. The summed E-state index contributed by atoms with van der Waals surface area (Å²) < 4.78 is 5.38. The van der Waals surface area contributed by atoms with Crippen molar-refractivity contribution in [1.82, 2.24) is 15.5 Å². The van der Waals surface area contributed by atoms with Gasteiger partial charge in [0, 0.05) is 11.6 Å². The predicted octanol–water partition coefficient (Wildman–Crippen LogP) is 3.15. The maximum Gasteiger partial charge on any atom is 0.231 e. The summed E-state index contributed by atoms with van der Waals surface area (Å²) in [4.78, 5) is 4.50. The van der Waals surface area contributed by atoms with Crippen molar-refractivity contribution in [3.05, 3.63) is 35.7 Å². The molecule has 0 aliphatic carbocycles. The summed E-state index contributed by atoms with van der Waals surface area (Å²) >= 11 is 0. The second kappa shape index (κ2) is 5.97. The summed E-state index contributed by atoms with van der Waals surface area (Å²) in [6, 6.07) is 8.45. The van der Waals surface area contributed by atoms with Gasteiger partial charge in [-0.15, -0.1) is 0 Å². The lowest BCUT2D eigenvalue weighted by Gasteiger charge is -2.16. The van der Waals surface area contributed by atoms with Crippen LogP contribution in [-0.4, -0.2) is 22.7 Å². The zero-order chi connectivity index (χ0) is 13.8. The van der Waals surface area contributed by atoms with Crippen LogP contribution in [-0.2, 0) is 0 Å². The number of hydrogen-bond donors (Lipinski definition) is 1. The van der Waals surface area contributed by atoms with E-state index in [1.807, 2.05) is 12.1 Å². The van der Waals surface area contributed by atoms with E-state index < -0.39 is 0 Å². The van der Waals surface area contributed by atoms with Gasteiger partial charge in [-0.25, -0.2) is 0 Å². The number of likely N-dealkylation sites (N-methyl/N-ethyl adjacent to an activating group) is 1. The first-order chi connectivity index (χ1) is 9.11. The lowest BCUT2D eigenvalue weighted by Crippen LogP contribution is -2.30. The summed E-state index contributed by atoms with van der Waals surface area (Å²) in [5.74, 6) is 1.54. The second-order valence-corrected chi connectivity index (χ2v) is 4.96. The highest BCUT2D eigenvalue weighted by Gasteiger charge is 2.20. The predicted molar refractivity (Wildman–Crippen MR) is 76.0 cm³/mol. The van der Waals surface area contributed by atoms with Crippen molar-refractivity contribution in [2.45, 2.75) is 39.7 Å². The van der Waals surface area contributed by atoms with Crippen LogP contribution in [0.4, 0.5) is 0 Å². The van der Waals surface area contributed by atoms with E-state index >= 15 is 0 Å². The molecule has 0 amide bonds. The molecule has 0 bridgehead atoms. The van der Waals surface area contributed by atoms with Crippen LogP contribution in [0.15, 0.2) is 28.8 Å². The first kappa shape index (κ1) is 13.7. The van der Waals surface area contributed by atoms with Gasteiger partial charge >= 0.3 is 0 Å². The maximum absolute atomic E-state index is 5.38. The van der Waals surface area contributed by atoms with Gasteiger partial charge in [0.25, 0.3) is 0 Å². The summed E-state index contributed by atoms with van der Waals surface area (Å²) in [6.45, 7) is 9.31. The molecule has 1 aromatic carbocycles. The molecular formula is C15H21N3O. The Kier molecular flexibility index (Phi) is 4.32. The van der Waals surface area contributed by atoms with Gasteiger partial charge in [0.1, 0.15) is 0 Å². The highest BCUT2D eigenvalue weighted by Crippen LogP contribution is 2.22. The van der Waals surface area contributed by atoms with Crippen LogP contribution in [0.2, 0.25) is 0 Å². The minimum absolute atomic E-state index is 0.201. The Bertz CT molecular complexity index is 518. The topological polar surface area (TPSA) is 51.0 Å². The molecule has 2 atom stereocenters. The van der Waals surface area contributed by atoms with Crippen molar-refractivity contribution in [2.75, 3.05) is 6.54 Å². The van der Waals surface area contributed by atoms with E-state index in [0.29, 0.717) is 17.8 Å². The van der Waals surface area contributed by atoms with E-state index in [1.165, 1.54) is 5.56 Å². The third-order valence-electron chi connectivity index (χ3n) is 3.42. The molecule has 102 valence electrons. The van der Waals surface area contributed by atoms with Crippen LogP contribution in [0.1, 0.15) is 38.1 Å². The molecule has 1 aromatic heterocycles. The molecule has 1 heterocycles. The number of nitrogens with one attached hydrogen (secondary N) is 1. The molecular weight excluding hydrogens is 238 g/mol. The Balaban J connectivity index is 2.16. The smallest absolute Gasteiger partial charge is 0.231 e. The van der Waals surface area contributed by atoms with E-state index in [-0.39, 0.29) is 5.92 Å². The molecule has 2 unspecified atom stereocenters. The maximum atomic E-state index is 5.38. The van der Waals surface area contributed by atoms with Crippen molar-refractivity contribution in [1.29, 1.82) is 0 Å². The molecule has 19 heavy (non-hydrogen) atoms. The standard InChI is InChI=1S/C15H21N3O/c1-5-16-12(4)11(3)15-17-14(18-19-15)13-8-6-10(2)7-9-13/h6-9,11-12,16H,5H2,1-4H3. The van der Waals surface area contributed by atoms with Crippen molar-refractivity contribution in [3.8, 4) is 11.4 Å². The molecule has 4 nitrogen and oxygen atoms in total. The van der Waals surface area contributed by atoms with Crippen molar-refractivity contribution in [3.63, 3.8) is 0 Å². The number of benzene rings is 1. The fourth-order valence-electron chi connectivity index (χ4n) is 1.95. The number of aryl methyl sites for hydroxylation is 1. The molecule has 0 saturated heterocycles. The molecule has 0 aliphatic heterocycles. The molecule has 0 spiro atoms. The van der Waals surface area contributed by atoms with Crippen LogP contribution >= 0.6 is 0 Å². The summed E-state index contributed by atoms with van der Waals surface area (Å²) in [7, 11) is 0. The van der Waals surface area contributed by atoms with Gasteiger partial charge in [0.05, 0.1) is 5.92 Å². The van der Waals surface area contributed by atoms with Crippen molar-refractivity contribution in [2.24, 2.45) is 0 Å². The fourth-order valence-corrected chi connectivity index (χ4v) is 1.95. The summed E-state index contributed by atoms with van der Waals surface area (Å²) in [5.41, 5.74) is 2.21. The Morgan fingerprint density at radius 2 is 1.89 bits per heavy atom. The first-order valence-corrected chi connectivity index (χ1v) is 6.75. The third-order valence-corrected chi connectivity index (χ3v) is 3.42. The van der Waals surface area contributed by atoms with Crippen LogP contribution in [0.3, 0.4) is 0 Å². The zero-order valence-electron chi connectivity index (χ0n) is 12.0. The zero-order valence-corrected chi connectivity index (χ0v) is 12.0. The van der Waals surface area contributed by atoms with Crippen molar-refractivity contribution >= 4 is 0 Å². The monoisotopic (exact) mass is 259 g/mol. The van der Waals surface area contributed by atoms with E-state index in [9.17, 15) is 0 Å². The third kappa shape index (κ3) is 3.20.